The van der Waals surface area contributed by atoms with Gasteiger partial charge < -0.3 is 10.4 Å². The van der Waals surface area contributed by atoms with Gasteiger partial charge in [-0.15, -0.1) is 0 Å². The van der Waals surface area contributed by atoms with Gasteiger partial charge in [-0.2, -0.15) is 0 Å². The average Bonchev–Trinajstić information content (AvgIpc) is 2.66. The Balaban J connectivity index is 1.96. The minimum atomic E-state index is 0.406. The molecule has 0 saturated heterocycles. The molecule has 1 aliphatic carbocycles. The fraction of sp³-hybridized carbons (Fsp3) is 0.571. The third-order valence-corrected chi connectivity index (χ3v) is 3.65. The Bertz CT molecular complexity index is 362. The van der Waals surface area contributed by atoms with Gasteiger partial charge in [0.2, 0.25) is 0 Å². The smallest absolute Gasteiger partial charge is 0.120 e. The van der Waals surface area contributed by atoms with Crippen LogP contribution in [0.2, 0.25) is 0 Å². The summed E-state index contributed by atoms with van der Waals surface area (Å²) in [5, 5.41) is 13.3. The molecular weight excluding hydrogens is 198 g/mol. The highest BCUT2D eigenvalue weighted by molar-refractivity contribution is 5.35. The molecule has 0 amide bonds. The van der Waals surface area contributed by atoms with Crippen LogP contribution in [-0.2, 0) is 6.54 Å². The van der Waals surface area contributed by atoms with Crippen molar-refractivity contribution in [2.75, 3.05) is 0 Å². The van der Waals surface area contributed by atoms with Crippen molar-refractivity contribution >= 4 is 0 Å². The average molecular weight is 219 g/mol. The Kier molecular flexibility index (Phi) is 3.49. The summed E-state index contributed by atoms with van der Waals surface area (Å²) in [4.78, 5) is 0. The molecule has 2 rings (SSSR count). The van der Waals surface area contributed by atoms with Gasteiger partial charge in [0.1, 0.15) is 5.75 Å². The summed E-state index contributed by atoms with van der Waals surface area (Å²) in [6.45, 7) is 5.14. The van der Waals surface area contributed by atoms with Crippen LogP contribution in [0.3, 0.4) is 0 Å². The van der Waals surface area contributed by atoms with Crippen molar-refractivity contribution in [3.8, 4) is 5.75 Å². The first-order valence-electron chi connectivity index (χ1n) is 6.18. The van der Waals surface area contributed by atoms with E-state index in [2.05, 4.69) is 25.2 Å². The second-order valence-electron chi connectivity index (χ2n) is 5.03. The summed E-state index contributed by atoms with van der Waals surface area (Å²) in [7, 11) is 0. The molecule has 1 fully saturated rings. The fourth-order valence-electron chi connectivity index (χ4n) is 2.55. The lowest BCUT2D eigenvalue weighted by molar-refractivity contribution is 0.415. The van der Waals surface area contributed by atoms with E-state index in [1.54, 1.807) is 6.07 Å². The van der Waals surface area contributed by atoms with E-state index in [1.165, 1.54) is 24.8 Å². The van der Waals surface area contributed by atoms with Gasteiger partial charge in [-0.3, -0.25) is 0 Å². The molecule has 0 aliphatic heterocycles. The molecule has 0 bridgehead atoms. The molecule has 0 spiro atoms. The van der Waals surface area contributed by atoms with Crippen molar-refractivity contribution < 1.29 is 5.11 Å². The second-order valence-corrected chi connectivity index (χ2v) is 5.03. The number of hydrogen-bond donors (Lipinski definition) is 2. The van der Waals surface area contributed by atoms with Gasteiger partial charge >= 0.3 is 0 Å². The number of rotatable bonds is 3. The molecule has 1 aliphatic rings. The van der Waals surface area contributed by atoms with Crippen LogP contribution < -0.4 is 5.32 Å². The standard InChI is InChI=1S/C14H21NO/c1-10-6-7-14(16)12(8-10)9-15-13-5-3-4-11(13)2/h6-8,11,13,15-16H,3-5,9H2,1-2H3. The molecule has 2 nitrogen and oxygen atoms in total. The van der Waals surface area contributed by atoms with Gasteiger partial charge in [0.05, 0.1) is 0 Å². The van der Waals surface area contributed by atoms with Crippen LogP contribution in [0, 0.1) is 12.8 Å². The third kappa shape index (κ3) is 2.56. The fourth-order valence-corrected chi connectivity index (χ4v) is 2.55. The molecule has 16 heavy (non-hydrogen) atoms. The molecule has 0 aromatic heterocycles. The number of nitrogens with one attached hydrogen (secondary N) is 1. The van der Waals surface area contributed by atoms with Crippen LogP contribution >= 0.6 is 0 Å². The Labute approximate surface area is 97.7 Å². The first-order chi connectivity index (χ1) is 7.66. The number of aryl methyl sites for hydroxylation is 1. The zero-order valence-electron chi connectivity index (χ0n) is 10.2. The summed E-state index contributed by atoms with van der Waals surface area (Å²) >= 11 is 0. The van der Waals surface area contributed by atoms with Crippen molar-refractivity contribution in [3.05, 3.63) is 29.3 Å². The van der Waals surface area contributed by atoms with E-state index in [1.807, 2.05) is 6.07 Å². The molecule has 0 radical (unpaired) electrons. The molecule has 0 heterocycles. The van der Waals surface area contributed by atoms with Crippen molar-refractivity contribution in [3.63, 3.8) is 0 Å². The Morgan fingerprint density at radius 1 is 1.38 bits per heavy atom. The number of hydrogen-bond acceptors (Lipinski definition) is 2. The molecule has 2 heteroatoms. The maximum absolute atomic E-state index is 9.73. The van der Waals surface area contributed by atoms with Crippen LogP contribution in [0.25, 0.3) is 0 Å². The van der Waals surface area contributed by atoms with E-state index >= 15 is 0 Å². The maximum Gasteiger partial charge on any atom is 0.120 e. The lowest BCUT2D eigenvalue weighted by Crippen LogP contribution is -2.30. The van der Waals surface area contributed by atoms with E-state index in [-0.39, 0.29) is 0 Å². The second kappa shape index (κ2) is 4.88. The normalized spacial score (nSPS) is 24.9. The predicted octanol–water partition coefficient (Wildman–Crippen LogP) is 2.98. The van der Waals surface area contributed by atoms with Gasteiger partial charge in [-0.1, -0.05) is 31.0 Å². The summed E-state index contributed by atoms with van der Waals surface area (Å²) in [6, 6.07) is 6.41. The van der Waals surface area contributed by atoms with Crippen molar-refractivity contribution in [2.45, 2.75) is 45.7 Å². The van der Waals surface area contributed by atoms with E-state index in [4.69, 9.17) is 0 Å². The van der Waals surface area contributed by atoms with Crippen LogP contribution in [0.15, 0.2) is 18.2 Å². The lowest BCUT2D eigenvalue weighted by Gasteiger charge is -2.17. The molecule has 2 unspecified atom stereocenters. The van der Waals surface area contributed by atoms with Crippen LogP contribution in [0.4, 0.5) is 0 Å². The number of phenols is 1. The largest absolute Gasteiger partial charge is 0.508 e. The highest BCUT2D eigenvalue weighted by Gasteiger charge is 2.22. The van der Waals surface area contributed by atoms with E-state index in [0.29, 0.717) is 11.8 Å². The quantitative estimate of drug-likeness (QED) is 0.819. The Morgan fingerprint density at radius 2 is 2.19 bits per heavy atom. The van der Waals surface area contributed by atoms with Gasteiger partial charge in [-0.05, 0) is 31.7 Å². The lowest BCUT2D eigenvalue weighted by atomic mass is 10.1. The van der Waals surface area contributed by atoms with Crippen LogP contribution in [-0.4, -0.2) is 11.1 Å². The van der Waals surface area contributed by atoms with E-state index in [0.717, 1.165) is 18.0 Å². The minimum Gasteiger partial charge on any atom is -0.508 e. The SMILES string of the molecule is Cc1ccc(O)c(CNC2CCCC2C)c1. The first kappa shape index (κ1) is 11.5. The zero-order valence-corrected chi connectivity index (χ0v) is 10.2. The van der Waals surface area contributed by atoms with Gasteiger partial charge in [-0.25, -0.2) is 0 Å². The number of benzene rings is 1. The molecule has 2 atom stereocenters. The van der Waals surface area contributed by atoms with Crippen LogP contribution in [0.1, 0.15) is 37.3 Å². The minimum absolute atomic E-state index is 0.406. The zero-order chi connectivity index (χ0) is 11.5. The third-order valence-electron chi connectivity index (χ3n) is 3.65. The summed E-state index contributed by atoms with van der Waals surface area (Å²) < 4.78 is 0. The highest BCUT2D eigenvalue weighted by Crippen LogP contribution is 2.26. The molecule has 2 N–H and O–H groups in total. The van der Waals surface area contributed by atoms with Gasteiger partial charge in [0.15, 0.2) is 0 Å². The van der Waals surface area contributed by atoms with Crippen molar-refractivity contribution in [2.24, 2.45) is 5.92 Å². The molecule has 88 valence electrons. The number of phenolic OH excluding ortho intramolecular Hbond substituents is 1. The van der Waals surface area contributed by atoms with Crippen LogP contribution in [0.5, 0.6) is 5.75 Å². The summed E-state index contributed by atoms with van der Waals surface area (Å²) in [5.41, 5.74) is 2.22. The summed E-state index contributed by atoms with van der Waals surface area (Å²) in [5.74, 6) is 1.18. The van der Waals surface area contributed by atoms with Gasteiger partial charge in [0.25, 0.3) is 0 Å². The predicted molar refractivity (Wildman–Crippen MR) is 66.5 cm³/mol. The van der Waals surface area contributed by atoms with E-state index < -0.39 is 0 Å². The molecule has 1 aromatic rings. The van der Waals surface area contributed by atoms with Gasteiger partial charge in [0, 0.05) is 18.2 Å². The first-order valence-corrected chi connectivity index (χ1v) is 6.18. The molecule has 1 aromatic carbocycles. The maximum atomic E-state index is 9.73. The monoisotopic (exact) mass is 219 g/mol. The molecular formula is C14H21NO. The Hall–Kier alpha value is -1.02. The number of aromatic hydroxyl groups is 1. The van der Waals surface area contributed by atoms with Crippen molar-refractivity contribution in [1.82, 2.24) is 5.32 Å². The van der Waals surface area contributed by atoms with E-state index in [9.17, 15) is 5.11 Å². The molecule has 1 saturated carbocycles. The topological polar surface area (TPSA) is 32.3 Å². The van der Waals surface area contributed by atoms with Crippen molar-refractivity contribution in [1.29, 1.82) is 0 Å². The summed E-state index contributed by atoms with van der Waals surface area (Å²) in [6.07, 6.45) is 3.93. The highest BCUT2D eigenvalue weighted by atomic mass is 16.3. The Morgan fingerprint density at radius 3 is 2.88 bits per heavy atom.